The number of aliphatic hydroxyl groups excluding tert-OH is 4. The number of ether oxygens (including phenoxy) is 1. The highest BCUT2D eigenvalue weighted by Crippen LogP contribution is 2.26. The number of hydrogen-bond acceptors (Lipinski definition) is 9. The molecule has 25 heavy (non-hydrogen) atoms. The molecule has 5 N–H and O–H groups in total. The number of phenolic OH excluding ortho intramolecular Hbond substituents is 1. The summed E-state index contributed by atoms with van der Waals surface area (Å²) in [6.07, 6.45) is -6.50. The lowest BCUT2D eigenvalue weighted by atomic mass is 9.97. The smallest absolute Gasteiger partial charge is 0.266 e. The standard InChI is InChI=1S/C16H20O9/c1-25-12-6-8(2-4-9(12)18)3-5-10(19)13(21)15(23)16(24)14(22)11(20)7-17/h2,4,6,11,14,16-18,20,22,24H,3,5,7H2,1H3/t11-,14-,16+/m1/s1. The molecule has 9 nitrogen and oxygen atoms in total. The zero-order valence-electron chi connectivity index (χ0n) is 13.5. The average molecular weight is 356 g/mol. The normalized spacial score (nSPS) is 14.4. The fraction of sp³-hybridized carbons (Fsp3) is 0.438. The zero-order valence-corrected chi connectivity index (χ0v) is 13.5. The molecule has 0 unspecified atom stereocenters. The number of ketones is 3. The van der Waals surface area contributed by atoms with Crippen molar-refractivity contribution < 1.29 is 44.7 Å². The molecule has 0 aromatic heterocycles. The molecule has 138 valence electrons. The van der Waals surface area contributed by atoms with Crippen molar-refractivity contribution in [1.82, 2.24) is 0 Å². The number of aryl methyl sites for hydroxylation is 1. The second-order valence-corrected chi connectivity index (χ2v) is 5.31. The van der Waals surface area contributed by atoms with Gasteiger partial charge in [0.05, 0.1) is 13.7 Å². The Balaban J connectivity index is 2.67. The lowest BCUT2D eigenvalue weighted by Gasteiger charge is -2.19. The zero-order chi connectivity index (χ0) is 19.1. The number of benzene rings is 1. The van der Waals surface area contributed by atoms with Crippen molar-refractivity contribution in [2.45, 2.75) is 31.2 Å². The first kappa shape index (κ1) is 20.7. The van der Waals surface area contributed by atoms with E-state index in [1.165, 1.54) is 25.3 Å². The SMILES string of the molecule is COc1cc(CCC(=O)C(=O)C(=O)[C@@H](O)[C@H](O)[C@H](O)CO)ccc1O. The van der Waals surface area contributed by atoms with Gasteiger partial charge in [0, 0.05) is 6.42 Å². The summed E-state index contributed by atoms with van der Waals surface area (Å²) in [6.45, 7) is -0.934. The highest BCUT2D eigenvalue weighted by atomic mass is 16.5. The van der Waals surface area contributed by atoms with Crippen LogP contribution in [0.3, 0.4) is 0 Å². The minimum Gasteiger partial charge on any atom is -0.504 e. The van der Waals surface area contributed by atoms with E-state index in [1.807, 2.05) is 0 Å². The van der Waals surface area contributed by atoms with Gasteiger partial charge in [0.25, 0.3) is 5.78 Å². The molecule has 0 aliphatic heterocycles. The lowest BCUT2D eigenvalue weighted by Crippen LogP contribution is -2.47. The van der Waals surface area contributed by atoms with Gasteiger partial charge in [-0.05, 0) is 24.1 Å². The summed E-state index contributed by atoms with van der Waals surface area (Å²) < 4.78 is 4.91. The topological polar surface area (TPSA) is 162 Å². The predicted octanol–water partition coefficient (Wildman–Crippen LogP) is -1.88. The number of aromatic hydroxyl groups is 1. The molecule has 0 saturated carbocycles. The third kappa shape index (κ3) is 5.33. The van der Waals surface area contributed by atoms with Gasteiger partial charge < -0.3 is 30.3 Å². The second-order valence-electron chi connectivity index (χ2n) is 5.31. The number of Topliss-reactive ketones (excluding diaryl/α,β-unsaturated/α-hetero) is 3. The first-order valence-electron chi connectivity index (χ1n) is 7.35. The van der Waals surface area contributed by atoms with Gasteiger partial charge in [-0.2, -0.15) is 0 Å². The lowest BCUT2D eigenvalue weighted by molar-refractivity contribution is -0.153. The maximum Gasteiger partial charge on any atom is 0.266 e. The van der Waals surface area contributed by atoms with E-state index >= 15 is 0 Å². The number of carbonyl (C=O) groups excluding carboxylic acids is 3. The summed E-state index contributed by atoms with van der Waals surface area (Å²) >= 11 is 0. The molecule has 0 spiro atoms. The van der Waals surface area contributed by atoms with Crippen LogP contribution in [0.2, 0.25) is 0 Å². The summed E-state index contributed by atoms with van der Waals surface area (Å²) in [4.78, 5) is 35.2. The van der Waals surface area contributed by atoms with E-state index < -0.39 is 42.3 Å². The first-order chi connectivity index (χ1) is 11.7. The Labute approximate surface area is 143 Å². The molecular formula is C16H20O9. The van der Waals surface area contributed by atoms with Crippen molar-refractivity contribution in [3.8, 4) is 11.5 Å². The van der Waals surface area contributed by atoms with Gasteiger partial charge in [-0.1, -0.05) is 6.07 Å². The fourth-order valence-corrected chi connectivity index (χ4v) is 1.99. The van der Waals surface area contributed by atoms with Crippen LogP contribution in [0, 0.1) is 0 Å². The molecule has 0 aliphatic rings. The van der Waals surface area contributed by atoms with Crippen molar-refractivity contribution in [3.63, 3.8) is 0 Å². The van der Waals surface area contributed by atoms with E-state index in [-0.39, 0.29) is 24.3 Å². The average Bonchev–Trinajstić information content (AvgIpc) is 2.63. The molecule has 0 bridgehead atoms. The van der Waals surface area contributed by atoms with Crippen LogP contribution in [0.15, 0.2) is 18.2 Å². The Morgan fingerprint density at radius 1 is 1.16 bits per heavy atom. The van der Waals surface area contributed by atoms with Crippen LogP contribution >= 0.6 is 0 Å². The second kappa shape index (κ2) is 9.23. The van der Waals surface area contributed by atoms with Crippen molar-refractivity contribution in [1.29, 1.82) is 0 Å². The molecule has 0 fully saturated rings. The minimum absolute atomic E-state index is 0.0758. The van der Waals surface area contributed by atoms with Crippen LogP contribution in [0.1, 0.15) is 12.0 Å². The van der Waals surface area contributed by atoms with E-state index in [2.05, 4.69) is 0 Å². The summed E-state index contributed by atoms with van der Waals surface area (Å²) in [5, 5.41) is 46.2. The Kier molecular flexibility index (Phi) is 7.65. The number of phenols is 1. The van der Waals surface area contributed by atoms with Crippen molar-refractivity contribution in [3.05, 3.63) is 23.8 Å². The van der Waals surface area contributed by atoms with Crippen molar-refractivity contribution in [2.75, 3.05) is 13.7 Å². The molecule has 0 saturated heterocycles. The quantitative estimate of drug-likeness (QED) is 0.238. The molecular weight excluding hydrogens is 336 g/mol. The van der Waals surface area contributed by atoms with Gasteiger partial charge in [0.15, 0.2) is 11.5 Å². The molecule has 3 atom stereocenters. The van der Waals surface area contributed by atoms with Crippen molar-refractivity contribution in [2.24, 2.45) is 0 Å². The number of methoxy groups -OCH3 is 1. The highest BCUT2D eigenvalue weighted by Gasteiger charge is 2.36. The molecule has 0 aliphatic carbocycles. The Bertz CT molecular complexity index is 640. The number of hydrogen-bond donors (Lipinski definition) is 5. The van der Waals surface area contributed by atoms with Gasteiger partial charge in [-0.25, -0.2) is 0 Å². The van der Waals surface area contributed by atoms with Crippen LogP contribution in [-0.4, -0.2) is 74.9 Å². The van der Waals surface area contributed by atoms with Gasteiger partial charge >= 0.3 is 0 Å². The molecule has 1 aromatic rings. The van der Waals surface area contributed by atoms with Gasteiger partial charge in [0.1, 0.15) is 18.3 Å². The van der Waals surface area contributed by atoms with E-state index in [0.717, 1.165) is 0 Å². The predicted molar refractivity (Wildman–Crippen MR) is 83.1 cm³/mol. The molecule has 1 aromatic carbocycles. The Morgan fingerprint density at radius 2 is 1.80 bits per heavy atom. The van der Waals surface area contributed by atoms with E-state index in [1.54, 1.807) is 0 Å². The van der Waals surface area contributed by atoms with Crippen LogP contribution < -0.4 is 4.74 Å². The monoisotopic (exact) mass is 356 g/mol. The fourth-order valence-electron chi connectivity index (χ4n) is 1.99. The third-order valence-electron chi connectivity index (χ3n) is 3.54. The van der Waals surface area contributed by atoms with Crippen LogP contribution in [0.5, 0.6) is 11.5 Å². The molecule has 1 rings (SSSR count). The van der Waals surface area contributed by atoms with Crippen LogP contribution in [0.4, 0.5) is 0 Å². The molecule has 0 heterocycles. The van der Waals surface area contributed by atoms with Crippen LogP contribution in [0.25, 0.3) is 0 Å². The summed E-state index contributed by atoms with van der Waals surface area (Å²) in [7, 11) is 1.35. The Hall–Kier alpha value is -2.33. The molecule has 0 amide bonds. The maximum absolute atomic E-state index is 11.8. The van der Waals surface area contributed by atoms with Gasteiger partial charge in [-0.3, -0.25) is 14.4 Å². The maximum atomic E-state index is 11.8. The number of rotatable bonds is 10. The third-order valence-corrected chi connectivity index (χ3v) is 3.54. The number of aliphatic hydroxyl groups is 4. The molecule has 9 heteroatoms. The van der Waals surface area contributed by atoms with E-state index in [9.17, 15) is 29.7 Å². The highest BCUT2D eigenvalue weighted by molar-refractivity contribution is 6.64. The van der Waals surface area contributed by atoms with Crippen molar-refractivity contribution >= 4 is 17.3 Å². The summed E-state index contributed by atoms with van der Waals surface area (Å²) in [5.74, 6) is -4.07. The summed E-state index contributed by atoms with van der Waals surface area (Å²) in [6, 6.07) is 4.32. The summed E-state index contributed by atoms with van der Waals surface area (Å²) in [5.41, 5.74) is 0.569. The Morgan fingerprint density at radius 3 is 2.36 bits per heavy atom. The largest absolute Gasteiger partial charge is 0.504 e. The van der Waals surface area contributed by atoms with Gasteiger partial charge in [0.2, 0.25) is 11.6 Å². The van der Waals surface area contributed by atoms with E-state index in [0.29, 0.717) is 5.56 Å². The van der Waals surface area contributed by atoms with Crippen LogP contribution in [-0.2, 0) is 20.8 Å². The minimum atomic E-state index is -2.31. The number of carbonyl (C=O) groups is 3. The van der Waals surface area contributed by atoms with E-state index in [4.69, 9.17) is 14.9 Å². The van der Waals surface area contributed by atoms with Gasteiger partial charge in [-0.15, -0.1) is 0 Å². The first-order valence-corrected chi connectivity index (χ1v) is 7.35. The molecule has 0 radical (unpaired) electrons.